The highest BCUT2D eigenvalue weighted by atomic mass is 16.5. The molecular formula is C26H24N4O4. The van der Waals surface area contributed by atoms with Gasteiger partial charge in [0.25, 0.3) is 0 Å². The zero-order chi connectivity index (χ0) is 24.1. The van der Waals surface area contributed by atoms with Gasteiger partial charge in [-0.05, 0) is 47.5 Å². The van der Waals surface area contributed by atoms with Gasteiger partial charge in [-0.1, -0.05) is 18.2 Å². The van der Waals surface area contributed by atoms with E-state index in [1.54, 1.807) is 50.9 Å². The lowest BCUT2D eigenvalue weighted by Gasteiger charge is -2.09. The van der Waals surface area contributed by atoms with Gasteiger partial charge in [0.15, 0.2) is 11.5 Å². The van der Waals surface area contributed by atoms with Crippen LogP contribution in [0.1, 0.15) is 21.5 Å². The van der Waals surface area contributed by atoms with Crippen LogP contribution >= 0.6 is 0 Å². The molecule has 0 atom stereocenters. The van der Waals surface area contributed by atoms with Crippen LogP contribution in [-0.4, -0.2) is 36.0 Å². The summed E-state index contributed by atoms with van der Waals surface area (Å²) in [7, 11) is 3.15. The predicted octanol–water partition coefficient (Wildman–Crippen LogP) is 3.68. The van der Waals surface area contributed by atoms with Crippen molar-refractivity contribution in [1.82, 2.24) is 15.3 Å². The first-order valence-electron chi connectivity index (χ1n) is 10.5. The number of fused-ring (bicyclic) bond motifs is 1. The van der Waals surface area contributed by atoms with Crippen LogP contribution < -0.4 is 20.5 Å². The number of benzene rings is 2. The van der Waals surface area contributed by atoms with E-state index in [0.29, 0.717) is 29.3 Å². The SMILES string of the molecule is COc1ccc(CNC(=O)/C=C/c2c[nH]c3ncc(-c4ccc(C(N)=O)cc4)cc23)cc1OC. The average molecular weight is 457 g/mol. The highest BCUT2D eigenvalue weighted by Gasteiger charge is 2.08. The molecule has 2 amide bonds. The number of nitrogens with zero attached hydrogens (tertiary/aromatic N) is 1. The molecule has 4 N–H and O–H groups in total. The van der Waals surface area contributed by atoms with Crippen molar-refractivity contribution in [3.05, 3.63) is 83.7 Å². The molecular weight excluding hydrogens is 432 g/mol. The van der Waals surface area contributed by atoms with Crippen LogP contribution in [0.5, 0.6) is 11.5 Å². The Morgan fingerprint density at radius 2 is 1.79 bits per heavy atom. The Bertz CT molecular complexity index is 1370. The van der Waals surface area contributed by atoms with E-state index in [9.17, 15) is 9.59 Å². The van der Waals surface area contributed by atoms with Crippen molar-refractivity contribution in [1.29, 1.82) is 0 Å². The number of nitrogens with one attached hydrogen (secondary N) is 2. The molecule has 0 bridgehead atoms. The third-order valence-corrected chi connectivity index (χ3v) is 5.39. The monoisotopic (exact) mass is 456 g/mol. The van der Waals surface area contributed by atoms with Crippen molar-refractivity contribution >= 4 is 28.9 Å². The molecule has 4 aromatic rings. The van der Waals surface area contributed by atoms with Crippen molar-refractivity contribution in [2.24, 2.45) is 5.73 Å². The van der Waals surface area contributed by atoms with Crippen LogP contribution in [0.3, 0.4) is 0 Å². The zero-order valence-corrected chi connectivity index (χ0v) is 18.8. The number of aromatic amines is 1. The lowest BCUT2D eigenvalue weighted by molar-refractivity contribution is -0.116. The summed E-state index contributed by atoms with van der Waals surface area (Å²) in [4.78, 5) is 31.3. The second-order valence-corrected chi connectivity index (χ2v) is 7.55. The number of ether oxygens (including phenoxy) is 2. The van der Waals surface area contributed by atoms with Gasteiger partial charge in [-0.25, -0.2) is 4.98 Å². The number of amides is 2. The molecule has 0 aliphatic rings. The van der Waals surface area contributed by atoms with Gasteiger partial charge in [-0.3, -0.25) is 9.59 Å². The molecule has 2 aromatic heterocycles. The number of hydrogen-bond acceptors (Lipinski definition) is 5. The third-order valence-electron chi connectivity index (χ3n) is 5.39. The van der Waals surface area contributed by atoms with Crippen LogP contribution in [0.15, 0.2) is 67.0 Å². The maximum atomic E-state index is 12.4. The topological polar surface area (TPSA) is 119 Å². The van der Waals surface area contributed by atoms with Gasteiger partial charge in [0, 0.05) is 47.1 Å². The van der Waals surface area contributed by atoms with Crippen molar-refractivity contribution in [2.75, 3.05) is 14.2 Å². The Morgan fingerprint density at radius 3 is 2.50 bits per heavy atom. The summed E-state index contributed by atoms with van der Waals surface area (Å²) in [5.41, 5.74) is 9.99. The van der Waals surface area contributed by atoms with E-state index >= 15 is 0 Å². The fourth-order valence-electron chi connectivity index (χ4n) is 3.55. The Labute approximate surface area is 196 Å². The van der Waals surface area contributed by atoms with Gasteiger partial charge >= 0.3 is 0 Å². The van der Waals surface area contributed by atoms with Gasteiger partial charge in [0.05, 0.1) is 14.2 Å². The van der Waals surface area contributed by atoms with Crippen LogP contribution in [0.25, 0.3) is 28.2 Å². The quantitative estimate of drug-likeness (QED) is 0.350. The van der Waals surface area contributed by atoms with E-state index in [1.807, 2.05) is 30.3 Å². The summed E-state index contributed by atoms with van der Waals surface area (Å²) < 4.78 is 10.5. The highest BCUT2D eigenvalue weighted by molar-refractivity contribution is 5.96. The predicted molar refractivity (Wildman–Crippen MR) is 130 cm³/mol. The summed E-state index contributed by atoms with van der Waals surface area (Å²) >= 11 is 0. The Kier molecular flexibility index (Phi) is 6.59. The molecule has 0 radical (unpaired) electrons. The number of rotatable bonds is 8. The minimum Gasteiger partial charge on any atom is -0.493 e. The molecule has 172 valence electrons. The second-order valence-electron chi connectivity index (χ2n) is 7.55. The number of carbonyl (C=O) groups excluding carboxylic acids is 2. The number of nitrogens with two attached hydrogens (primary N) is 1. The minimum absolute atomic E-state index is 0.227. The smallest absolute Gasteiger partial charge is 0.248 e. The second kappa shape index (κ2) is 9.91. The lowest BCUT2D eigenvalue weighted by Crippen LogP contribution is -2.20. The number of primary amides is 1. The fourth-order valence-corrected chi connectivity index (χ4v) is 3.55. The van der Waals surface area contributed by atoms with Gasteiger partial charge in [-0.2, -0.15) is 0 Å². The number of hydrogen-bond donors (Lipinski definition) is 3. The maximum Gasteiger partial charge on any atom is 0.248 e. The highest BCUT2D eigenvalue weighted by Crippen LogP contribution is 2.28. The molecule has 2 aromatic carbocycles. The molecule has 0 aliphatic carbocycles. The largest absolute Gasteiger partial charge is 0.493 e. The summed E-state index contributed by atoms with van der Waals surface area (Å²) in [6.07, 6.45) is 6.78. The first-order chi connectivity index (χ1) is 16.5. The van der Waals surface area contributed by atoms with Crippen molar-refractivity contribution in [3.8, 4) is 22.6 Å². The van der Waals surface area contributed by atoms with E-state index in [1.165, 1.54) is 6.08 Å². The van der Waals surface area contributed by atoms with Gasteiger partial charge < -0.3 is 25.5 Å². The molecule has 0 aliphatic heterocycles. The summed E-state index contributed by atoms with van der Waals surface area (Å²) in [6, 6.07) is 14.5. The van der Waals surface area contributed by atoms with E-state index in [4.69, 9.17) is 15.2 Å². The first-order valence-corrected chi connectivity index (χ1v) is 10.5. The van der Waals surface area contributed by atoms with Crippen molar-refractivity contribution in [3.63, 3.8) is 0 Å². The standard InChI is InChI=1S/C26H24N4O4/c1-33-22-9-3-16(11-23(22)34-2)13-28-24(31)10-8-19-14-29-26-21(19)12-20(15-30-26)17-4-6-18(7-5-17)25(27)32/h3-12,14-15H,13H2,1-2H3,(H2,27,32)(H,28,31)(H,29,30)/b10-8+. The molecule has 34 heavy (non-hydrogen) atoms. The number of methoxy groups -OCH3 is 2. The number of aromatic nitrogens is 2. The van der Waals surface area contributed by atoms with Crippen molar-refractivity contribution in [2.45, 2.75) is 6.54 Å². The maximum absolute atomic E-state index is 12.4. The Hall–Kier alpha value is -4.59. The normalized spacial score (nSPS) is 11.0. The fraction of sp³-hybridized carbons (Fsp3) is 0.115. The molecule has 0 unspecified atom stereocenters. The minimum atomic E-state index is -0.470. The molecule has 2 heterocycles. The molecule has 0 saturated heterocycles. The van der Waals surface area contributed by atoms with Crippen LogP contribution in [-0.2, 0) is 11.3 Å². The van der Waals surface area contributed by atoms with Crippen LogP contribution in [0, 0.1) is 0 Å². The van der Waals surface area contributed by atoms with E-state index < -0.39 is 5.91 Å². The van der Waals surface area contributed by atoms with Crippen LogP contribution in [0.4, 0.5) is 0 Å². The molecule has 0 saturated carbocycles. The average Bonchev–Trinajstić information content (AvgIpc) is 3.28. The molecule has 0 spiro atoms. The lowest BCUT2D eigenvalue weighted by atomic mass is 10.0. The molecule has 8 heteroatoms. The van der Waals surface area contributed by atoms with Gasteiger partial charge in [-0.15, -0.1) is 0 Å². The van der Waals surface area contributed by atoms with E-state index in [-0.39, 0.29) is 5.91 Å². The Balaban J connectivity index is 1.47. The zero-order valence-electron chi connectivity index (χ0n) is 18.8. The molecule has 4 rings (SSSR count). The van der Waals surface area contributed by atoms with Gasteiger partial charge in [0.1, 0.15) is 5.65 Å². The van der Waals surface area contributed by atoms with Crippen LogP contribution in [0.2, 0.25) is 0 Å². The molecule has 0 fully saturated rings. The van der Waals surface area contributed by atoms with Gasteiger partial charge in [0.2, 0.25) is 11.8 Å². The summed E-state index contributed by atoms with van der Waals surface area (Å²) in [5.74, 6) is 0.544. The number of carbonyl (C=O) groups is 2. The third kappa shape index (κ3) is 4.91. The first kappa shape index (κ1) is 22.6. The number of H-pyrrole nitrogens is 1. The van der Waals surface area contributed by atoms with E-state index in [2.05, 4.69) is 15.3 Å². The molecule has 8 nitrogen and oxygen atoms in total. The van der Waals surface area contributed by atoms with E-state index in [0.717, 1.165) is 27.6 Å². The Morgan fingerprint density at radius 1 is 1.03 bits per heavy atom. The summed E-state index contributed by atoms with van der Waals surface area (Å²) in [5, 5.41) is 3.74. The summed E-state index contributed by atoms with van der Waals surface area (Å²) in [6.45, 7) is 0.352. The number of pyridine rings is 1. The van der Waals surface area contributed by atoms with Crippen molar-refractivity contribution < 1.29 is 19.1 Å².